The third-order valence-electron chi connectivity index (χ3n) is 4.46. The van der Waals surface area contributed by atoms with Gasteiger partial charge in [0.05, 0.1) is 25.5 Å². The monoisotopic (exact) mass is 368 g/mol. The van der Waals surface area contributed by atoms with Crippen molar-refractivity contribution in [2.75, 3.05) is 20.3 Å². The van der Waals surface area contributed by atoms with E-state index >= 15 is 0 Å². The molecule has 1 fully saturated rings. The molecule has 1 saturated heterocycles. The van der Waals surface area contributed by atoms with E-state index in [2.05, 4.69) is 45.7 Å². The number of benzene rings is 1. The predicted molar refractivity (Wildman–Crippen MR) is 107 cm³/mol. The van der Waals surface area contributed by atoms with E-state index in [0.29, 0.717) is 19.7 Å². The van der Waals surface area contributed by atoms with Crippen LogP contribution in [0.3, 0.4) is 0 Å². The lowest BCUT2D eigenvalue weighted by Gasteiger charge is -2.18. The van der Waals surface area contributed by atoms with Crippen LogP contribution in [0.2, 0.25) is 0 Å². The zero-order chi connectivity index (χ0) is 19.1. The Balaban J connectivity index is 1.59. The van der Waals surface area contributed by atoms with E-state index in [1.165, 1.54) is 5.56 Å². The summed E-state index contributed by atoms with van der Waals surface area (Å²) in [4.78, 5) is 8.80. The first-order valence-electron chi connectivity index (χ1n) is 9.35. The van der Waals surface area contributed by atoms with Crippen molar-refractivity contribution in [3.63, 3.8) is 0 Å². The van der Waals surface area contributed by atoms with Crippen LogP contribution in [0.1, 0.15) is 28.9 Å². The minimum Gasteiger partial charge on any atom is -0.488 e. The SMILES string of the molecule is CN=C(NCc1cccc(C)n1)NCc1ccc(C)cc1OC1CCOC1. The molecule has 2 heterocycles. The Kier molecular flexibility index (Phi) is 6.65. The van der Waals surface area contributed by atoms with Gasteiger partial charge in [-0.2, -0.15) is 0 Å². The average molecular weight is 368 g/mol. The van der Waals surface area contributed by atoms with Crippen LogP contribution in [0.4, 0.5) is 0 Å². The molecular weight excluding hydrogens is 340 g/mol. The Morgan fingerprint density at radius 1 is 1.22 bits per heavy atom. The number of aryl methyl sites for hydroxylation is 2. The van der Waals surface area contributed by atoms with Crippen molar-refractivity contribution in [1.29, 1.82) is 0 Å². The highest BCUT2D eigenvalue weighted by Gasteiger charge is 2.18. The molecule has 1 aromatic carbocycles. The first kappa shape index (κ1) is 19.2. The summed E-state index contributed by atoms with van der Waals surface area (Å²) in [6.07, 6.45) is 1.07. The zero-order valence-corrected chi connectivity index (χ0v) is 16.3. The van der Waals surface area contributed by atoms with E-state index in [1.807, 2.05) is 25.1 Å². The fourth-order valence-corrected chi connectivity index (χ4v) is 2.97. The maximum absolute atomic E-state index is 6.16. The Morgan fingerprint density at radius 3 is 2.81 bits per heavy atom. The number of pyridine rings is 1. The molecule has 144 valence electrons. The second-order valence-electron chi connectivity index (χ2n) is 6.76. The van der Waals surface area contributed by atoms with Crippen LogP contribution in [-0.4, -0.2) is 37.3 Å². The summed E-state index contributed by atoms with van der Waals surface area (Å²) in [6.45, 7) is 6.75. The van der Waals surface area contributed by atoms with Crippen LogP contribution in [0.15, 0.2) is 41.4 Å². The summed E-state index contributed by atoms with van der Waals surface area (Å²) in [5.41, 5.74) is 4.28. The second kappa shape index (κ2) is 9.37. The number of guanidine groups is 1. The minimum atomic E-state index is 0.135. The molecule has 3 rings (SSSR count). The van der Waals surface area contributed by atoms with E-state index in [1.54, 1.807) is 7.05 Å². The molecule has 2 N–H and O–H groups in total. The van der Waals surface area contributed by atoms with E-state index in [4.69, 9.17) is 9.47 Å². The number of aromatic nitrogens is 1. The van der Waals surface area contributed by atoms with Crippen molar-refractivity contribution in [2.24, 2.45) is 4.99 Å². The van der Waals surface area contributed by atoms with Gasteiger partial charge in [0.2, 0.25) is 0 Å². The maximum atomic E-state index is 6.16. The van der Waals surface area contributed by atoms with Crippen LogP contribution in [0.5, 0.6) is 5.75 Å². The molecule has 27 heavy (non-hydrogen) atoms. The fraction of sp³-hybridized carbons (Fsp3) is 0.429. The average Bonchev–Trinajstić information content (AvgIpc) is 3.16. The first-order chi connectivity index (χ1) is 13.1. The van der Waals surface area contributed by atoms with Gasteiger partial charge >= 0.3 is 0 Å². The quantitative estimate of drug-likeness (QED) is 0.606. The molecule has 1 aromatic heterocycles. The van der Waals surface area contributed by atoms with Crippen molar-refractivity contribution < 1.29 is 9.47 Å². The van der Waals surface area contributed by atoms with Gasteiger partial charge in [-0.05, 0) is 37.6 Å². The lowest BCUT2D eigenvalue weighted by Crippen LogP contribution is -2.36. The number of hydrogen-bond acceptors (Lipinski definition) is 4. The Morgan fingerprint density at radius 2 is 2.07 bits per heavy atom. The van der Waals surface area contributed by atoms with Crippen LogP contribution >= 0.6 is 0 Å². The molecule has 0 radical (unpaired) electrons. The van der Waals surface area contributed by atoms with Gasteiger partial charge in [-0.1, -0.05) is 18.2 Å². The van der Waals surface area contributed by atoms with Gasteiger partial charge < -0.3 is 20.1 Å². The van der Waals surface area contributed by atoms with E-state index in [-0.39, 0.29) is 6.10 Å². The molecule has 1 unspecified atom stereocenters. The summed E-state index contributed by atoms with van der Waals surface area (Å²) < 4.78 is 11.6. The van der Waals surface area contributed by atoms with Crippen molar-refractivity contribution >= 4 is 5.96 Å². The summed E-state index contributed by atoms with van der Waals surface area (Å²) in [5.74, 6) is 1.64. The Labute approximate surface area is 161 Å². The van der Waals surface area contributed by atoms with Gasteiger partial charge in [-0.3, -0.25) is 9.98 Å². The molecule has 0 amide bonds. The highest BCUT2D eigenvalue weighted by atomic mass is 16.5. The largest absolute Gasteiger partial charge is 0.488 e. The van der Waals surface area contributed by atoms with Crippen LogP contribution in [0, 0.1) is 13.8 Å². The Bertz CT molecular complexity index is 786. The fourth-order valence-electron chi connectivity index (χ4n) is 2.97. The number of ether oxygens (including phenoxy) is 2. The number of aliphatic imine (C=N–C) groups is 1. The lowest BCUT2D eigenvalue weighted by molar-refractivity contribution is 0.140. The third-order valence-corrected chi connectivity index (χ3v) is 4.46. The molecule has 6 heteroatoms. The topological polar surface area (TPSA) is 67.8 Å². The molecule has 1 aliphatic rings. The number of hydrogen-bond donors (Lipinski definition) is 2. The third kappa shape index (κ3) is 5.69. The number of nitrogens with zero attached hydrogens (tertiary/aromatic N) is 2. The molecule has 0 bridgehead atoms. The normalized spacial score (nSPS) is 17.0. The summed E-state index contributed by atoms with van der Waals surface area (Å²) in [5, 5.41) is 6.66. The number of nitrogens with one attached hydrogen (secondary N) is 2. The van der Waals surface area contributed by atoms with Crippen molar-refractivity contribution in [3.05, 3.63) is 58.9 Å². The van der Waals surface area contributed by atoms with E-state index in [0.717, 1.165) is 41.7 Å². The molecular formula is C21H28N4O2. The number of rotatable bonds is 6. The summed E-state index contributed by atoms with van der Waals surface area (Å²) in [7, 11) is 1.77. The highest BCUT2D eigenvalue weighted by Crippen LogP contribution is 2.23. The van der Waals surface area contributed by atoms with Gasteiger partial charge in [0.25, 0.3) is 0 Å². The Hall–Kier alpha value is -2.60. The molecule has 0 saturated carbocycles. The zero-order valence-electron chi connectivity index (χ0n) is 16.3. The predicted octanol–water partition coefficient (Wildman–Crippen LogP) is 2.73. The second-order valence-corrected chi connectivity index (χ2v) is 6.76. The minimum absolute atomic E-state index is 0.135. The molecule has 1 aliphatic heterocycles. The van der Waals surface area contributed by atoms with Gasteiger partial charge in [0.15, 0.2) is 5.96 Å². The van der Waals surface area contributed by atoms with Crippen molar-refractivity contribution in [2.45, 2.75) is 39.5 Å². The van der Waals surface area contributed by atoms with Crippen LogP contribution < -0.4 is 15.4 Å². The summed E-state index contributed by atoms with van der Waals surface area (Å²) in [6, 6.07) is 12.3. The molecule has 2 aromatic rings. The molecule has 0 spiro atoms. The standard InChI is InChI=1S/C21H28N4O2/c1-15-7-8-17(20(11-15)27-19-9-10-26-14-19)12-23-21(22-3)24-13-18-6-4-5-16(2)25-18/h4-8,11,19H,9-10,12-14H2,1-3H3,(H2,22,23,24). The van der Waals surface area contributed by atoms with Crippen LogP contribution in [-0.2, 0) is 17.8 Å². The summed E-state index contributed by atoms with van der Waals surface area (Å²) >= 11 is 0. The smallest absolute Gasteiger partial charge is 0.191 e. The van der Waals surface area contributed by atoms with E-state index in [9.17, 15) is 0 Å². The molecule has 6 nitrogen and oxygen atoms in total. The first-order valence-corrected chi connectivity index (χ1v) is 9.35. The molecule has 0 aliphatic carbocycles. The maximum Gasteiger partial charge on any atom is 0.191 e. The van der Waals surface area contributed by atoms with Gasteiger partial charge in [0, 0.05) is 31.3 Å². The van der Waals surface area contributed by atoms with Crippen molar-refractivity contribution in [3.8, 4) is 5.75 Å². The van der Waals surface area contributed by atoms with Gasteiger partial charge in [-0.25, -0.2) is 0 Å². The highest BCUT2D eigenvalue weighted by molar-refractivity contribution is 5.79. The van der Waals surface area contributed by atoms with Gasteiger partial charge in [-0.15, -0.1) is 0 Å². The van der Waals surface area contributed by atoms with Crippen LogP contribution in [0.25, 0.3) is 0 Å². The lowest BCUT2D eigenvalue weighted by atomic mass is 10.1. The van der Waals surface area contributed by atoms with Gasteiger partial charge in [0.1, 0.15) is 11.9 Å². The van der Waals surface area contributed by atoms with E-state index < -0.39 is 0 Å². The molecule has 1 atom stereocenters. The van der Waals surface area contributed by atoms with Crippen molar-refractivity contribution in [1.82, 2.24) is 15.6 Å².